The fraction of sp³-hybridized carbons (Fsp3) is 0.182. The van der Waals surface area contributed by atoms with Crippen molar-refractivity contribution < 1.29 is 4.79 Å². The molecule has 1 aromatic carbocycles. The van der Waals surface area contributed by atoms with Crippen molar-refractivity contribution in [2.45, 2.75) is 11.3 Å². The SMILES string of the molecule is Cc1nnc(SCC(=O)Nc2ccc(N)cc2Cl)s1. The standard InChI is InChI=1S/C11H11ClN4OS2/c1-6-15-16-11(19-6)18-5-10(17)14-9-3-2-7(13)4-8(9)12/h2-4H,5,13H2,1H3,(H,14,17). The van der Waals surface area contributed by atoms with Crippen LogP contribution in [0.5, 0.6) is 0 Å². The number of nitrogen functional groups attached to an aromatic ring is 1. The van der Waals surface area contributed by atoms with Crippen LogP contribution in [0.15, 0.2) is 22.5 Å². The lowest BCUT2D eigenvalue weighted by Crippen LogP contribution is -2.14. The van der Waals surface area contributed by atoms with Gasteiger partial charge in [-0.05, 0) is 25.1 Å². The van der Waals surface area contributed by atoms with E-state index in [1.165, 1.54) is 23.1 Å². The molecule has 0 unspecified atom stereocenters. The van der Waals surface area contributed by atoms with Gasteiger partial charge in [0.25, 0.3) is 0 Å². The lowest BCUT2D eigenvalue weighted by atomic mass is 10.3. The largest absolute Gasteiger partial charge is 0.399 e. The number of nitrogens with zero attached hydrogens (tertiary/aromatic N) is 2. The second kappa shape index (κ2) is 6.23. The van der Waals surface area contributed by atoms with E-state index in [1.54, 1.807) is 18.2 Å². The third-order valence-corrected chi connectivity index (χ3v) is 4.39. The summed E-state index contributed by atoms with van der Waals surface area (Å²) in [6.45, 7) is 1.87. The summed E-state index contributed by atoms with van der Waals surface area (Å²) in [4.78, 5) is 11.8. The highest BCUT2D eigenvalue weighted by atomic mass is 35.5. The highest BCUT2D eigenvalue weighted by molar-refractivity contribution is 8.01. The van der Waals surface area contributed by atoms with Gasteiger partial charge < -0.3 is 11.1 Å². The smallest absolute Gasteiger partial charge is 0.234 e. The van der Waals surface area contributed by atoms with Gasteiger partial charge in [-0.25, -0.2) is 0 Å². The Hall–Kier alpha value is -1.31. The fourth-order valence-corrected chi connectivity index (χ4v) is 3.13. The molecule has 0 aliphatic heterocycles. The van der Waals surface area contributed by atoms with Crippen LogP contribution in [0.3, 0.4) is 0 Å². The van der Waals surface area contributed by atoms with Gasteiger partial charge in [-0.1, -0.05) is 34.7 Å². The number of nitrogens with two attached hydrogens (primary N) is 1. The molecule has 1 aromatic heterocycles. The molecule has 5 nitrogen and oxygen atoms in total. The van der Waals surface area contributed by atoms with E-state index in [2.05, 4.69) is 15.5 Å². The first-order chi connectivity index (χ1) is 9.04. The van der Waals surface area contributed by atoms with Crippen LogP contribution in [0.25, 0.3) is 0 Å². The first-order valence-corrected chi connectivity index (χ1v) is 7.50. The number of aryl methyl sites for hydroxylation is 1. The molecule has 0 atom stereocenters. The van der Waals surface area contributed by atoms with E-state index in [-0.39, 0.29) is 11.7 Å². The lowest BCUT2D eigenvalue weighted by Gasteiger charge is -2.06. The minimum Gasteiger partial charge on any atom is -0.399 e. The number of hydrogen-bond donors (Lipinski definition) is 2. The molecule has 1 heterocycles. The maximum absolute atomic E-state index is 11.8. The Bertz CT molecular complexity index is 602. The zero-order valence-corrected chi connectivity index (χ0v) is 12.4. The first-order valence-electron chi connectivity index (χ1n) is 5.32. The molecule has 0 spiro atoms. The molecule has 100 valence electrons. The average molecular weight is 315 g/mol. The van der Waals surface area contributed by atoms with E-state index >= 15 is 0 Å². The van der Waals surface area contributed by atoms with Crippen molar-refractivity contribution in [3.8, 4) is 0 Å². The molecular formula is C11H11ClN4OS2. The van der Waals surface area contributed by atoms with Crippen LogP contribution in [-0.2, 0) is 4.79 Å². The summed E-state index contributed by atoms with van der Waals surface area (Å²) in [5.74, 6) is 0.111. The van der Waals surface area contributed by atoms with Crippen LogP contribution in [0.4, 0.5) is 11.4 Å². The number of amides is 1. The van der Waals surface area contributed by atoms with Crippen molar-refractivity contribution in [3.05, 3.63) is 28.2 Å². The molecule has 2 rings (SSSR count). The monoisotopic (exact) mass is 314 g/mol. The molecule has 8 heteroatoms. The summed E-state index contributed by atoms with van der Waals surface area (Å²) in [5.41, 5.74) is 6.69. The molecule has 0 aliphatic carbocycles. The second-order valence-corrected chi connectivity index (χ2v) is 6.47. The van der Waals surface area contributed by atoms with Gasteiger partial charge in [0, 0.05) is 5.69 Å². The van der Waals surface area contributed by atoms with Crippen LogP contribution in [0.2, 0.25) is 5.02 Å². The van der Waals surface area contributed by atoms with Gasteiger partial charge in [0.15, 0.2) is 4.34 Å². The zero-order chi connectivity index (χ0) is 13.8. The van der Waals surface area contributed by atoms with Crippen molar-refractivity contribution in [1.82, 2.24) is 10.2 Å². The summed E-state index contributed by atoms with van der Waals surface area (Å²) >= 11 is 8.77. The first kappa shape index (κ1) is 14.1. The number of halogens is 1. The molecule has 1 amide bonds. The van der Waals surface area contributed by atoms with E-state index in [1.807, 2.05) is 6.92 Å². The highest BCUT2D eigenvalue weighted by Crippen LogP contribution is 2.25. The van der Waals surface area contributed by atoms with Crippen LogP contribution in [-0.4, -0.2) is 21.9 Å². The topological polar surface area (TPSA) is 80.9 Å². The summed E-state index contributed by atoms with van der Waals surface area (Å²) in [6.07, 6.45) is 0. The normalized spacial score (nSPS) is 10.4. The van der Waals surface area contributed by atoms with Gasteiger partial charge in [0.1, 0.15) is 5.01 Å². The number of carbonyl (C=O) groups excluding carboxylic acids is 1. The number of aromatic nitrogens is 2. The summed E-state index contributed by atoms with van der Waals surface area (Å²) < 4.78 is 0.774. The van der Waals surface area contributed by atoms with Crippen LogP contribution in [0, 0.1) is 6.92 Å². The predicted molar refractivity (Wildman–Crippen MR) is 79.9 cm³/mol. The maximum atomic E-state index is 11.8. The van der Waals surface area contributed by atoms with E-state index in [0.29, 0.717) is 16.4 Å². The molecule has 2 aromatic rings. The summed E-state index contributed by atoms with van der Waals surface area (Å²) in [7, 11) is 0. The Morgan fingerprint density at radius 2 is 2.32 bits per heavy atom. The number of benzene rings is 1. The van der Waals surface area contributed by atoms with E-state index < -0.39 is 0 Å². The van der Waals surface area contributed by atoms with Gasteiger partial charge in [-0.2, -0.15) is 0 Å². The van der Waals surface area contributed by atoms with Gasteiger partial charge >= 0.3 is 0 Å². The Balaban J connectivity index is 1.90. The van der Waals surface area contributed by atoms with Crippen molar-refractivity contribution >= 4 is 52.0 Å². The number of thioether (sulfide) groups is 1. The van der Waals surface area contributed by atoms with Crippen molar-refractivity contribution in [1.29, 1.82) is 0 Å². The fourth-order valence-electron chi connectivity index (χ4n) is 1.28. The molecule has 0 fully saturated rings. The number of nitrogens with one attached hydrogen (secondary N) is 1. The van der Waals surface area contributed by atoms with E-state index in [0.717, 1.165) is 9.35 Å². The molecule has 3 N–H and O–H groups in total. The second-order valence-electron chi connectivity index (χ2n) is 3.66. The third kappa shape index (κ3) is 4.09. The molecule has 0 saturated carbocycles. The van der Waals surface area contributed by atoms with Gasteiger partial charge in [0.2, 0.25) is 5.91 Å². The molecule has 0 radical (unpaired) electrons. The summed E-state index contributed by atoms with van der Waals surface area (Å²) in [6, 6.07) is 4.95. The minimum atomic E-state index is -0.149. The molecule has 19 heavy (non-hydrogen) atoms. The molecule has 0 aliphatic rings. The number of carbonyl (C=O) groups is 1. The predicted octanol–water partition coefficient (Wildman–Crippen LogP) is 2.81. The van der Waals surface area contributed by atoms with Crippen molar-refractivity contribution in [2.75, 3.05) is 16.8 Å². The number of anilines is 2. The quantitative estimate of drug-likeness (QED) is 0.670. The maximum Gasteiger partial charge on any atom is 0.234 e. The van der Waals surface area contributed by atoms with Gasteiger partial charge in [-0.3, -0.25) is 4.79 Å². The van der Waals surface area contributed by atoms with Crippen LogP contribution < -0.4 is 11.1 Å². The highest BCUT2D eigenvalue weighted by Gasteiger charge is 2.09. The Kier molecular flexibility index (Phi) is 4.62. The number of hydrogen-bond acceptors (Lipinski definition) is 6. The zero-order valence-electron chi connectivity index (χ0n) is 10.0. The number of rotatable bonds is 4. The lowest BCUT2D eigenvalue weighted by molar-refractivity contribution is -0.113. The van der Waals surface area contributed by atoms with Crippen molar-refractivity contribution in [3.63, 3.8) is 0 Å². The Morgan fingerprint density at radius 1 is 1.53 bits per heavy atom. The van der Waals surface area contributed by atoms with Crippen LogP contribution >= 0.6 is 34.7 Å². The Morgan fingerprint density at radius 3 is 2.95 bits per heavy atom. The van der Waals surface area contributed by atoms with Gasteiger partial charge in [-0.15, -0.1) is 10.2 Å². The Labute approximate surface area is 123 Å². The van der Waals surface area contributed by atoms with Crippen LogP contribution in [0.1, 0.15) is 5.01 Å². The molecule has 0 saturated heterocycles. The molecular weight excluding hydrogens is 304 g/mol. The average Bonchev–Trinajstić information content (AvgIpc) is 2.76. The molecule has 0 bridgehead atoms. The van der Waals surface area contributed by atoms with E-state index in [9.17, 15) is 4.79 Å². The van der Waals surface area contributed by atoms with Gasteiger partial charge in [0.05, 0.1) is 16.5 Å². The third-order valence-electron chi connectivity index (χ3n) is 2.10. The summed E-state index contributed by atoms with van der Waals surface area (Å²) in [5, 5.41) is 11.8. The van der Waals surface area contributed by atoms with E-state index in [4.69, 9.17) is 17.3 Å². The van der Waals surface area contributed by atoms with Crippen molar-refractivity contribution in [2.24, 2.45) is 0 Å². The minimum absolute atomic E-state index is 0.149.